The van der Waals surface area contributed by atoms with Crippen LogP contribution in [0.5, 0.6) is 0 Å². The van der Waals surface area contributed by atoms with Gasteiger partial charge in [0.25, 0.3) is 0 Å². The van der Waals surface area contributed by atoms with E-state index in [0.29, 0.717) is 5.92 Å². The molecule has 0 amide bonds. The number of allylic oxidation sites excluding steroid dienone is 11. The summed E-state index contributed by atoms with van der Waals surface area (Å²) in [7, 11) is 0. The molecule has 6 aliphatic carbocycles. The summed E-state index contributed by atoms with van der Waals surface area (Å²) in [5.74, 6) is 0.366. The van der Waals surface area contributed by atoms with Crippen LogP contribution in [-0.4, -0.2) is 0 Å². The Morgan fingerprint density at radius 2 is 1.59 bits per heavy atom. The molecule has 1 heterocycles. The van der Waals surface area contributed by atoms with E-state index in [9.17, 15) is 0 Å². The number of nitrogens with zero attached hydrogens (tertiary/aromatic N) is 1. The molecule has 11 rings (SSSR count). The van der Waals surface area contributed by atoms with Gasteiger partial charge in [-0.25, -0.2) is 0 Å². The molecule has 6 aliphatic rings. The van der Waals surface area contributed by atoms with Crippen molar-refractivity contribution in [1.82, 2.24) is 0 Å². The van der Waals surface area contributed by atoms with Gasteiger partial charge in [-0.05, 0) is 88.9 Å². The molecular formula is C44H33NS. The highest BCUT2D eigenvalue weighted by molar-refractivity contribution is 7.26. The van der Waals surface area contributed by atoms with Crippen molar-refractivity contribution in [3.63, 3.8) is 0 Å². The molecule has 0 N–H and O–H groups in total. The van der Waals surface area contributed by atoms with E-state index in [-0.39, 0.29) is 10.8 Å². The van der Waals surface area contributed by atoms with E-state index < -0.39 is 0 Å². The van der Waals surface area contributed by atoms with Crippen LogP contribution in [0.25, 0.3) is 36.9 Å². The highest BCUT2D eigenvalue weighted by Gasteiger charge is 2.66. The molecule has 4 aromatic carbocycles. The predicted molar refractivity (Wildman–Crippen MR) is 194 cm³/mol. The van der Waals surface area contributed by atoms with Crippen molar-refractivity contribution in [2.45, 2.75) is 43.4 Å². The Morgan fingerprint density at radius 3 is 2.50 bits per heavy atom. The quantitative estimate of drug-likeness (QED) is 0.197. The van der Waals surface area contributed by atoms with Crippen molar-refractivity contribution in [3.05, 3.63) is 167 Å². The van der Waals surface area contributed by atoms with Crippen LogP contribution in [0.3, 0.4) is 0 Å². The van der Waals surface area contributed by atoms with Crippen molar-refractivity contribution in [3.8, 4) is 11.1 Å². The van der Waals surface area contributed by atoms with Gasteiger partial charge in [-0.2, -0.15) is 0 Å². The van der Waals surface area contributed by atoms with Crippen LogP contribution in [-0.2, 0) is 10.8 Å². The Labute approximate surface area is 273 Å². The zero-order valence-corrected chi connectivity index (χ0v) is 26.7. The van der Waals surface area contributed by atoms with Crippen molar-refractivity contribution in [1.29, 1.82) is 0 Å². The molecule has 5 aromatic rings. The van der Waals surface area contributed by atoms with E-state index in [2.05, 4.69) is 139 Å². The topological polar surface area (TPSA) is 3.24 Å². The third kappa shape index (κ3) is 2.85. The maximum atomic E-state index is 2.67. The number of rotatable bonds is 3. The van der Waals surface area contributed by atoms with Crippen LogP contribution in [0.2, 0.25) is 0 Å². The average molecular weight is 608 g/mol. The molecule has 0 bridgehead atoms. The van der Waals surface area contributed by atoms with Gasteiger partial charge in [-0.3, -0.25) is 0 Å². The largest absolute Gasteiger partial charge is 0.313 e. The maximum Gasteiger partial charge on any atom is 0.0551 e. The maximum absolute atomic E-state index is 2.67. The fraction of sp³-hybridized carbons (Fsp3) is 0.182. The predicted octanol–water partition coefficient (Wildman–Crippen LogP) is 11.5. The molecule has 2 heteroatoms. The second-order valence-corrected chi connectivity index (χ2v) is 15.0. The van der Waals surface area contributed by atoms with E-state index >= 15 is 0 Å². The molecule has 2 unspecified atom stereocenters. The van der Waals surface area contributed by atoms with Crippen LogP contribution < -0.4 is 4.90 Å². The lowest BCUT2D eigenvalue weighted by atomic mass is 9.61. The molecule has 46 heavy (non-hydrogen) atoms. The zero-order valence-electron chi connectivity index (χ0n) is 25.9. The summed E-state index contributed by atoms with van der Waals surface area (Å²) in [4.78, 5) is 2.67. The van der Waals surface area contributed by atoms with E-state index in [1.54, 1.807) is 16.7 Å². The molecule has 1 spiro atoms. The Hall–Kier alpha value is -4.66. The SMILES string of the molecule is C[C@]12C=CC=CC1C13C4=C(C(N(C5=CC=CCC5)c5cccc6sc7ccccc7c56)=CCC4)c4cccc(c41)-c1cccc2c13. The minimum atomic E-state index is -0.115. The Bertz CT molecular complexity index is 2410. The van der Waals surface area contributed by atoms with E-state index in [1.165, 1.54) is 65.1 Å². The van der Waals surface area contributed by atoms with Gasteiger partial charge in [-0.15, -0.1) is 11.3 Å². The first-order valence-electron chi connectivity index (χ1n) is 16.9. The van der Waals surface area contributed by atoms with Crippen LogP contribution >= 0.6 is 11.3 Å². The van der Waals surface area contributed by atoms with Crippen LogP contribution in [0.1, 0.15) is 54.9 Å². The van der Waals surface area contributed by atoms with Crippen LogP contribution in [0.15, 0.2) is 144 Å². The second-order valence-electron chi connectivity index (χ2n) is 14.0. The molecule has 1 aromatic heterocycles. The molecule has 220 valence electrons. The van der Waals surface area contributed by atoms with Crippen LogP contribution in [0, 0.1) is 5.92 Å². The highest BCUT2D eigenvalue weighted by atomic mass is 32.1. The van der Waals surface area contributed by atoms with Gasteiger partial charge in [0.2, 0.25) is 0 Å². The molecule has 1 nitrogen and oxygen atoms in total. The van der Waals surface area contributed by atoms with Gasteiger partial charge < -0.3 is 4.90 Å². The molecule has 0 saturated heterocycles. The summed E-state index contributed by atoms with van der Waals surface area (Å²) in [6.07, 6.45) is 23.4. The van der Waals surface area contributed by atoms with Gasteiger partial charge >= 0.3 is 0 Å². The second kappa shape index (κ2) is 8.78. The number of anilines is 1. The number of hydrogen-bond acceptors (Lipinski definition) is 2. The summed E-state index contributed by atoms with van der Waals surface area (Å²) in [6, 6.07) is 30.2. The number of fused-ring (bicyclic) bond motifs is 7. The minimum Gasteiger partial charge on any atom is -0.313 e. The molecule has 0 aliphatic heterocycles. The summed E-state index contributed by atoms with van der Waals surface area (Å²) in [5.41, 5.74) is 16.1. The van der Waals surface area contributed by atoms with Gasteiger partial charge in [-0.1, -0.05) is 110 Å². The Morgan fingerprint density at radius 1 is 0.761 bits per heavy atom. The minimum absolute atomic E-state index is 0.0216. The van der Waals surface area contributed by atoms with Crippen molar-refractivity contribution < 1.29 is 0 Å². The normalized spacial score (nSPS) is 25.9. The summed E-state index contributed by atoms with van der Waals surface area (Å²) in [5, 5.41) is 2.74. The first-order chi connectivity index (χ1) is 22.7. The Kier molecular flexibility index (Phi) is 4.87. The molecule has 0 radical (unpaired) electrons. The Balaban J connectivity index is 1.23. The molecule has 0 fully saturated rings. The van der Waals surface area contributed by atoms with Crippen LogP contribution in [0.4, 0.5) is 5.69 Å². The lowest BCUT2D eigenvalue weighted by Crippen LogP contribution is -2.39. The summed E-state index contributed by atoms with van der Waals surface area (Å²) >= 11 is 1.91. The zero-order chi connectivity index (χ0) is 30.2. The van der Waals surface area contributed by atoms with E-state index in [0.717, 1.165) is 25.7 Å². The molecule has 0 saturated carbocycles. The highest BCUT2D eigenvalue weighted by Crippen LogP contribution is 2.74. The van der Waals surface area contributed by atoms with Gasteiger partial charge in [0, 0.05) is 48.5 Å². The standard InChI is InChI=1S/C44H33NS/c1-43-26-8-7-25-38(43)44-32-19-11-21-34(39(32)31-18-9-16-28(41(31)44)29-17-10-20-33(43)42(29)44)45(27-13-3-2-4-14-27)35-22-12-24-37-40(35)30-15-5-6-23-36(30)46-37/h2-3,5-10,12-13,15-18,20-26,38H,4,11,14,19H2,1H3/t38?,43-,44?/m1/s1. The summed E-state index contributed by atoms with van der Waals surface area (Å²) < 4.78 is 2.72. The fourth-order valence-corrected chi connectivity index (χ4v) is 11.5. The first-order valence-corrected chi connectivity index (χ1v) is 17.7. The molecular weight excluding hydrogens is 575 g/mol. The number of benzene rings is 4. The third-order valence-corrected chi connectivity index (χ3v) is 13.1. The monoisotopic (exact) mass is 607 g/mol. The average Bonchev–Trinajstić information content (AvgIpc) is 3.79. The lowest BCUT2D eigenvalue weighted by Gasteiger charge is -2.41. The molecule has 3 atom stereocenters. The van der Waals surface area contributed by atoms with E-state index in [1.807, 2.05) is 11.3 Å². The van der Waals surface area contributed by atoms with Crippen molar-refractivity contribution in [2.24, 2.45) is 5.92 Å². The lowest BCUT2D eigenvalue weighted by molar-refractivity contribution is 0.363. The van der Waals surface area contributed by atoms with Gasteiger partial charge in [0.1, 0.15) is 0 Å². The summed E-state index contributed by atoms with van der Waals surface area (Å²) in [6.45, 7) is 2.49. The van der Waals surface area contributed by atoms with Crippen molar-refractivity contribution in [2.75, 3.05) is 4.90 Å². The van der Waals surface area contributed by atoms with Crippen molar-refractivity contribution >= 4 is 42.8 Å². The third-order valence-electron chi connectivity index (χ3n) is 11.9. The van der Waals surface area contributed by atoms with Gasteiger partial charge in [0.05, 0.1) is 11.1 Å². The van der Waals surface area contributed by atoms with Gasteiger partial charge in [0.15, 0.2) is 0 Å². The number of hydrogen-bond donors (Lipinski definition) is 0. The first kappa shape index (κ1) is 25.5. The van der Waals surface area contributed by atoms with E-state index in [4.69, 9.17) is 0 Å². The number of thiophene rings is 1. The fourth-order valence-electron chi connectivity index (χ4n) is 10.4. The smallest absolute Gasteiger partial charge is 0.0551 e.